The van der Waals surface area contributed by atoms with Crippen molar-refractivity contribution in [3.63, 3.8) is 0 Å². The van der Waals surface area contributed by atoms with Gasteiger partial charge >= 0.3 is 11.9 Å². The fourth-order valence-electron chi connectivity index (χ4n) is 7.24. The van der Waals surface area contributed by atoms with Crippen LogP contribution in [-0.4, -0.2) is 38.4 Å². The molecule has 0 amide bonds. The summed E-state index contributed by atoms with van der Waals surface area (Å²) in [5.41, 5.74) is 0. The number of halogens is 6. The Labute approximate surface area is 452 Å². The summed E-state index contributed by atoms with van der Waals surface area (Å²) in [5, 5.41) is 0. The molecule has 0 N–H and O–H groups in total. The Kier molecular flexibility index (Phi) is 38.8. The first-order valence-corrected chi connectivity index (χ1v) is 30.0. The zero-order chi connectivity index (χ0) is 44.2. The topological polar surface area (TPSA) is 71.1 Å². The highest BCUT2D eigenvalue weighted by Crippen LogP contribution is 2.31. The van der Waals surface area contributed by atoms with E-state index in [4.69, 9.17) is 18.9 Å². The van der Waals surface area contributed by atoms with Gasteiger partial charge in [0.2, 0.25) is 0 Å². The van der Waals surface area contributed by atoms with Crippen LogP contribution in [0.1, 0.15) is 199 Å². The van der Waals surface area contributed by atoms with E-state index in [2.05, 4.69) is 160 Å². The molecule has 61 heavy (non-hydrogen) atoms. The monoisotopic (exact) mass is 1520 g/mol. The van der Waals surface area contributed by atoms with Crippen molar-refractivity contribution in [1.29, 1.82) is 0 Å². The predicted octanol–water partition coefficient (Wildman–Crippen LogP) is 18.0. The van der Waals surface area contributed by atoms with Crippen LogP contribution in [-0.2, 0) is 19.1 Å². The van der Waals surface area contributed by atoms with Gasteiger partial charge in [-0.25, -0.2) is 0 Å². The van der Waals surface area contributed by atoms with E-state index in [0.29, 0.717) is 32.5 Å². The van der Waals surface area contributed by atoms with Gasteiger partial charge in [0.15, 0.2) is 0 Å². The van der Waals surface area contributed by atoms with Gasteiger partial charge in [0.05, 0.1) is 40.7 Å². The van der Waals surface area contributed by atoms with Gasteiger partial charge in [0, 0.05) is 26.4 Å². The van der Waals surface area contributed by atoms with Gasteiger partial charge in [-0.3, -0.25) is 9.59 Å². The fraction of sp³-hybridized carbons (Fsp3) is 0.714. The van der Waals surface area contributed by atoms with E-state index in [0.717, 1.165) is 63.2 Å². The average Bonchev–Trinajstić information content (AvgIpc) is 3.21. The van der Waals surface area contributed by atoms with Gasteiger partial charge in [0.25, 0.3) is 0 Å². The van der Waals surface area contributed by atoms with E-state index < -0.39 is 0 Å². The molecule has 0 spiro atoms. The number of hydrogen-bond donors (Lipinski definition) is 0. The lowest BCUT2D eigenvalue weighted by atomic mass is 10.0. The van der Waals surface area contributed by atoms with Crippen LogP contribution in [0, 0.1) is 21.4 Å². The summed E-state index contributed by atoms with van der Waals surface area (Å²) in [4.78, 5) is 24.1. The molecule has 2 aromatic carbocycles. The minimum Gasteiger partial charge on any atom is -0.491 e. The van der Waals surface area contributed by atoms with Gasteiger partial charge in [-0.1, -0.05) is 154 Å². The summed E-state index contributed by atoms with van der Waals surface area (Å²) in [6.07, 6.45) is 36.6. The van der Waals surface area contributed by atoms with Crippen LogP contribution in [0.25, 0.3) is 0 Å². The third-order valence-electron chi connectivity index (χ3n) is 10.8. The number of ether oxygens (including phenoxy) is 4. The molecule has 0 fully saturated rings. The molecule has 0 aliphatic heterocycles. The predicted molar refractivity (Wildman–Crippen MR) is 305 cm³/mol. The largest absolute Gasteiger partial charge is 0.491 e. The van der Waals surface area contributed by atoms with Crippen LogP contribution in [0.4, 0.5) is 0 Å². The van der Waals surface area contributed by atoms with Gasteiger partial charge in [-0.05, 0) is 185 Å². The van der Waals surface area contributed by atoms with Crippen molar-refractivity contribution in [3.05, 3.63) is 45.7 Å². The van der Waals surface area contributed by atoms with Crippen molar-refractivity contribution < 1.29 is 28.5 Å². The van der Waals surface area contributed by atoms with E-state index in [1.54, 1.807) is 0 Å². The molecule has 6 nitrogen and oxygen atoms in total. The first-order valence-electron chi connectivity index (χ1n) is 23.5. The summed E-state index contributed by atoms with van der Waals surface area (Å²) in [6.45, 7) is 2.29. The molecule has 0 atom stereocenters. The maximum absolute atomic E-state index is 12.1. The zero-order valence-corrected chi connectivity index (χ0v) is 49.7. The van der Waals surface area contributed by atoms with E-state index in [9.17, 15) is 9.59 Å². The molecular formula is C49H74I6O6. The smallest absolute Gasteiger partial charge is 0.305 e. The molecule has 0 aromatic heterocycles. The van der Waals surface area contributed by atoms with E-state index in [1.807, 2.05) is 0 Å². The Morgan fingerprint density at radius 3 is 0.803 bits per heavy atom. The highest BCUT2D eigenvalue weighted by Gasteiger charge is 2.10. The van der Waals surface area contributed by atoms with Gasteiger partial charge in [-0.15, -0.1) is 0 Å². The van der Waals surface area contributed by atoms with Gasteiger partial charge < -0.3 is 18.9 Å². The van der Waals surface area contributed by atoms with E-state index in [-0.39, 0.29) is 11.9 Å². The summed E-state index contributed by atoms with van der Waals surface area (Å²) in [6, 6.07) is 8.70. The minimum absolute atomic E-state index is 0.127. The number of benzene rings is 2. The van der Waals surface area contributed by atoms with Crippen LogP contribution < -0.4 is 9.47 Å². The van der Waals surface area contributed by atoms with Crippen LogP contribution >= 0.6 is 136 Å². The molecule has 0 radical (unpaired) electrons. The Hall–Kier alpha value is 1.36. The first kappa shape index (κ1) is 58.5. The molecule has 0 bridgehead atoms. The molecule has 12 heteroatoms. The van der Waals surface area contributed by atoms with Gasteiger partial charge in [0.1, 0.15) is 11.5 Å². The van der Waals surface area contributed by atoms with Crippen molar-refractivity contribution >= 4 is 147 Å². The SMILES string of the molecule is O=C(CCCCCCCCCCCCCCCCOc1c(I)cc(I)cc1I)OCCCOC(=O)CCCCCCCCCCCCCCCCOc1c(I)cc(I)cc1I. The number of hydrogen-bond acceptors (Lipinski definition) is 6. The summed E-state index contributed by atoms with van der Waals surface area (Å²) in [7, 11) is 0. The van der Waals surface area contributed by atoms with Crippen LogP contribution in [0.15, 0.2) is 24.3 Å². The van der Waals surface area contributed by atoms with Crippen molar-refractivity contribution in [3.8, 4) is 11.5 Å². The van der Waals surface area contributed by atoms with Crippen LogP contribution in [0.5, 0.6) is 11.5 Å². The number of rotatable bonds is 40. The van der Waals surface area contributed by atoms with Crippen molar-refractivity contribution in [2.75, 3.05) is 26.4 Å². The number of esters is 2. The number of carbonyl (C=O) groups excluding carboxylic acids is 2. The average molecular weight is 1520 g/mol. The quantitative estimate of drug-likeness (QED) is 0.0376. The molecule has 0 aliphatic rings. The molecular weight excluding hydrogens is 1450 g/mol. The Morgan fingerprint density at radius 1 is 0.311 bits per heavy atom. The van der Waals surface area contributed by atoms with Crippen LogP contribution in [0.2, 0.25) is 0 Å². The maximum atomic E-state index is 12.1. The highest BCUT2D eigenvalue weighted by atomic mass is 127. The molecule has 0 saturated heterocycles. The summed E-state index contributed by atoms with van der Waals surface area (Å²) < 4.78 is 30.1. The molecule has 0 unspecified atom stereocenters. The molecule has 0 saturated carbocycles. The fourth-order valence-corrected chi connectivity index (χ4v) is 15.0. The Bertz CT molecular complexity index is 1290. The van der Waals surface area contributed by atoms with Crippen LogP contribution in [0.3, 0.4) is 0 Å². The molecule has 2 rings (SSSR count). The Morgan fingerprint density at radius 2 is 0.541 bits per heavy atom. The zero-order valence-electron chi connectivity index (χ0n) is 36.8. The summed E-state index contributed by atoms with van der Waals surface area (Å²) >= 11 is 14.2. The first-order chi connectivity index (χ1) is 29.7. The van der Waals surface area contributed by atoms with E-state index in [1.165, 1.54) is 163 Å². The lowest BCUT2D eigenvalue weighted by molar-refractivity contribution is -0.146. The molecule has 0 heterocycles. The van der Waals surface area contributed by atoms with Crippen molar-refractivity contribution in [2.45, 2.75) is 199 Å². The summed E-state index contributed by atoms with van der Waals surface area (Å²) in [5.74, 6) is 1.84. The lowest BCUT2D eigenvalue weighted by Gasteiger charge is -2.11. The molecule has 348 valence electrons. The molecule has 2 aromatic rings. The van der Waals surface area contributed by atoms with Gasteiger partial charge in [-0.2, -0.15) is 0 Å². The third kappa shape index (κ3) is 32.7. The maximum Gasteiger partial charge on any atom is 0.305 e. The highest BCUT2D eigenvalue weighted by molar-refractivity contribution is 14.1. The van der Waals surface area contributed by atoms with Crippen molar-refractivity contribution in [2.24, 2.45) is 0 Å². The van der Waals surface area contributed by atoms with Crippen molar-refractivity contribution in [1.82, 2.24) is 0 Å². The number of carbonyl (C=O) groups is 2. The second kappa shape index (κ2) is 40.4. The van der Waals surface area contributed by atoms with E-state index >= 15 is 0 Å². The number of unbranched alkanes of at least 4 members (excludes halogenated alkanes) is 26. The molecule has 0 aliphatic carbocycles. The Balaban J connectivity index is 1.21. The minimum atomic E-state index is -0.127. The second-order valence-electron chi connectivity index (χ2n) is 16.3. The third-order valence-corrected chi connectivity index (χ3v) is 15.2. The lowest BCUT2D eigenvalue weighted by Crippen LogP contribution is -2.10. The normalized spacial score (nSPS) is 11.2. The second-order valence-corrected chi connectivity index (χ2v) is 23.4. The standard InChI is InChI=1S/C49H74I6O6/c50-40-36-42(52)48(43(53)37-40)60-32-27-23-19-15-11-7-3-1-5-9-13-17-21-25-30-46(56)58-34-29-35-59-47(57)31-26-22-18-14-10-6-2-4-8-12-16-20-24-28-33-61-49-44(54)38-41(51)39-45(49)55/h36-39H,1-35H2.